The quantitative estimate of drug-likeness (QED) is 0.155. The Morgan fingerprint density at radius 2 is 0.718 bits per heavy atom. The Morgan fingerprint density at radius 1 is 0.268 bits per heavy atom. The van der Waals surface area contributed by atoms with Crippen molar-refractivity contribution in [2.75, 3.05) is 4.90 Å². The van der Waals surface area contributed by atoms with Crippen LogP contribution in [-0.2, 0) is 0 Å². The van der Waals surface area contributed by atoms with E-state index in [1.807, 2.05) is 22.7 Å². The highest BCUT2D eigenvalue weighted by molar-refractivity contribution is 7.26. The molecule has 0 saturated heterocycles. The molecule has 0 aliphatic carbocycles. The van der Waals surface area contributed by atoms with Crippen molar-refractivity contribution in [3.63, 3.8) is 0 Å². The number of rotatable bonds is 7. The fourth-order valence-corrected chi connectivity index (χ4v) is 13.4. The first-order chi connectivity index (χ1) is 35.2. The van der Waals surface area contributed by atoms with Crippen molar-refractivity contribution in [2.24, 2.45) is 0 Å². The lowest BCUT2D eigenvalue weighted by Gasteiger charge is -2.25. The molecule has 332 valence electrons. The third-order valence-electron chi connectivity index (χ3n) is 14.5. The summed E-state index contributed by atoms with van der Waals surface area (Å²) < 4.78 is 10.0. The van der Waals surface area contributed by atoms with Crippen molar-refractivity contribution in [1.29, 1.82) is 0 Å². The summed E-state index contributed by atoms with van der Waals surface area (Å²) in [6.45, 7) is 0. The van der Waals surface area contributed by atoms with Crippen LogP contribution in [0.2, 0.25) is 0 Å². The third kappa shape index (κ3) is 6.34. The summed E-state index contributed by atoms with van der Waals surface area (Å²) in [5.74, 6) is 0. The van der Waals surface area contributed by atoms with E-state index in [0.717, 1.165) is 22.7 Å². The average molecular weight is 940 g/mol. The molecule has 71 heavy (non-hydrogen) atoms. The Morgan fingerprint density at radius 3 is 1.34 bits per heavy atom. The molecule has 4 aromatic heterocycles. The predicted octanol–water partition coefficient (Wildman–Crippen LogP) is 19.4. The summed E-state index contributed by atoms with van der Waals surface area (Å²) in [6.07, 6.45) is 0. The van der Waals surface area contributed by atoms with Crippen LogP contribution < -0.4 is 4.90 Å². The standard InChI is InChI=1S/C66H41N3S2/c1-4-16-45(17-5-1)67(46-18-6-2-7-19-46)48-30-34-64-56(40-48)55-37-43(29-33-63(55)71-64)53-38-44(39-58-52-24-12-15-27-61(52)69(66(53)58)47-20-8-3-9-21-47)42-28-32-62-54(36-42)57-41-49(31-35-65(57)70-62)68-59-25-13-10-22-50(59)51-23-11-14-26-60(51)68/h1-41H. The van der Waals surface area contributed by atoms with Gasteiger partial charge in [-0.05, 0) is 144 Å². The van der Waals surface area contributed by atoms with Gasteiger partial charge >= 0.3 is 0 Å². The molecular weight excluding hydrogens is 899 g/mol. The molecule has 0 N–H and O–H groups in total. The first-order valence-corrected chi connectivity index (χ1v) is 25.8. The van der Waals surface area contributed by atoms with Gasteiger partial charge in [-0.3, -0.25) is 0 Å². The molecule has 0 unspecified atom stereocenters. The SMILES string of the molecule is c1ccc(N(c2ccccc2)c2ccc3sc4ccc(-c5cc(-c6ccc7sc8ccc(-n9c%10ccccc%10c%10ccccc%109)cc8c7c6)cc6c7ccccc7n(-c7ccccc7)c56)cc4c3c2)cc1. The molecule has 11 aromatic carbocycles. The van der Waals surface area contributed by atoms with Crippen LogP contribution >= 0.6 is 22.7 Å². The molecule has 0 bridgehead atoms. The van der Waals surface area contributed by atoms with Gasteiger partial charge in [-0.15, -0.1) is 22.7 Å². The molecule has 0 radical (unpaired) electrons. The van der Waals surface area contributed by atoms with E-state index >= 15 is 0 Å². The number of benzene rings is 11. The molecule has 0 aliphatic rings. The van der Waals surface area contributed by atoms with E-state index < -0.39 is 0 Å². The lowest BCUT2D eigenvalue weighted by Crippen LogP contribution is -2.09. The molecule has 0 spiro atoms. The lowest BCUT2D eigenvalue weighted by molar-refractivity contribution is 1.18. The molecule has 3 nitrogen and oxygen atoms in total. The summed E-state index contributed by atoms with van der Waals surface area (Å²) in [7, 11) is 0. The number of para-hydroxylation sites is 6. The number of aromatic nitrogens is 2. The van der Waals surface area contributed by atoms with Gasteiger partial charge in [0.05, 0.1) is 22.1 Å². The number of nitrogens with zero attached hydrogens (tertiary/aromatic N) is 3. The van der Waals surface area contributed by atoms with Crippen LogP contribution in [0.4, 0.5) is 17.1 Å². The third-order valence-corrected chi connectivity index (χ3v) is 16.8. The molecule has 0 saturated carbocycles. The second kappa shape index (κ2) is 15.9. The van der Waals surface area contributed by atoms with E-state index in [9.17, 15) is 0 Å². The van der Waals surface area contributed by atoms with Gasteiger partial charge in [0.2, 0.25) is 0 Å². The highest BCUT2D eigenvalue weighted by atomic mass is 32.1. The maximum absolute atomic E-state index is 2.47. The number of hydrogen-bond donors (Lipinski definition) is 0. The Hall–Kier alpha value is -8.74. The van der Waals surface area contributed by atoms with Gasteiger partial charge in [-0.2, -0.15) is 0 Å². The number of anilines is 3. The van der Waals surface area contributed by atoms with E-state index in [1.54, 1.807) is 0 Å². The maximum atomic E-state index is 2.47. The summed E-state index contributed by atoms with van der Waals surface area (Å²) in [5, 5.41) is 10.1. The van der Waals surface area contributed by atoms with E-state index in [1.165, 1.54) is 112 Å². The summed E-state index contributed by atoms with van der Waals surface area (Å²) >= 11 is 3.74. The largest absolute Gasteiger partial charge is 0.310 e. The molecule has 0 aliphatic heterocycles. The van der Waals surface area contributed by atoms with Gasteiger partial charge in [-0.1, -0.05) is 121 Å². The average Bonchev–Trinajstić information content (AvgIpc) is 4.19. The minimum atomic E-state index is 1.13. The van der Waals surface area contributed by atoms with E-state index in [0.29, 0.717) is 0 Å². The Balaban J connectivity index is 0.947. The van der Waals surface area contributed by atoms with Crippen LogP contribution in [0.5, 0.6) is 0 Å². The van der Waals surface area contributed by atoms with Gasteiger partial charge in [0.15, 0.2) is 0 Å². The van der Waals surface area contributed by atoms with E-state index in [-0.39, 0.29) is 0 Å². The maximum Gasteiger partial charge on any atom is 0.0619 e. The van der Waals surface area contributed by atoms with Gasteiger partial charge in [0, 0.05) is 95.9 Å². The zero-order valence-electron chi connectivity index (χ0n) is 38.3. The highest BCUT2D eigenvalue weighted by Gasteiger charge is 2.21. The van der Waals surface area contributed by atoms with Crippen molar-refractivity contribution >= 4 is 124 Å². The summed E-state index contributed by atoms with van der Waals surface area (Å²) in [6, 6.07) is 91.8. The second-order valence-corrected chi connectivity index (χ2v) is 20.6. The van der Waals surface area contributed by atoms with Gasteiger partial charge < -0.3 is 14.0 Å². The summed E-state index contributed by atoms with van der Waals surface area (Å²) in [4.78, 5) is 2.36. The van der Waals surface area contributed by atoms with Crippen molar-refractivity contribution < 1.29 is 0 Å². The van der Waals surface area contributed by atoms with Crippen molar-refractivity contribution in [2.45, 2.75) is 0 Å². The van der Waals surface area contributed by atoms with Gasteiger partial charge in [0.25, 0.3) is 0 Å². The van der Waals surface area contributed by atoms with Crippen molar-refractivity contribution in [3.05, 3.63) is 249 Å². The molecule has 15 aromatic rings. The van der Waals surface area contributed by atoms with Crippen molar-refractivity contribution in [3.8, 4) is 33.6 Å². The Labute approximate surface area is 417 Å². The van der Waals surface area contributed by atoms with E-state index in [4.69, 9.17) is 0 Å². The van der Waals surface area contributed by atoms with Crippen LogP contribution in [0.1, 0.15) is 0 Å². The molecule has 0 amide bonds. The van der Waals surface area contributed by atoms with Crippen LogP contribution in [0, 0.1) is 0 Å². The first-order valence-electron chi connectivity index (χ1n) is 24.1. The topological polar surface area (TPSA) is 13.1 Å². The Kier molecular flexibility index (Phi) is 9.00. The number of hydrogen-bond acceptors (Lipinski definition) is 3. The molecule has 4 heterocycles. The predicted molar refractivity (Wildman–Crippen MR) is 306 cm³/mol. The zero-order chi connectivity index (χ0) is 46.6. The zero-order valence-corrected chi connectivity index (χ0v) is 40.0. The van der Waals surface area contributed by atoms with Crippen molar-refractivity contribution in [1.82, 2.24) is 9.13 Å². The molecule has 0 fully saturated rings. The van der Waals surface area contributed by atoms with Crippen LogP contribution in [-0.4, -0.2) is 9.13 Å². The van der Waals surface area contributed by atoms with Gasteiger partial charge in [-0.25, -0.2) is 0 Å². The second-order valence-electron chi connectivity index (χ2n) is 18.5. The number of fused-ring (bicyclic) bond motifs is 12. The van der Waals surface area contributed by atoms with Crippen LogP contribution in [0.15, 0.2) is 249 Å². The minimum Gasteiger partial charge on any atom is -0.310 e. The van der Waals surface area contributed by atoms with Crippen LogP contribution in [0.25, 0.3) is 118 Å². The van der Waals surface area contributed by atoms with E-state index in [2.05, 4.69) is 263 Å². The lowest BCUT2D eigenvalue weighted by atomic mass is 9.94. The smallest absolute Gasteiger partial charge is 0.0619 e. The fraction of sp³-hybridized carbons (Fsp3) is 0. The molecule has 0 atom stereocenters. The molecule has 15 rings (SSSR count). The monoisotopic (exact) mass is 939 g/mol. The molecule has 5 heteroatoms. The van der Waals surface area contributed by atoms with Gasteiger partial charge in [0.1, 0.15) is 0 Å². The Bertz CT molecular complexity index is 4480. The minimum absolute atomic E-state index is 1.13. The number of thiophene rings is 2. The molecular formula is C66H41N3S2. The highest BCUT2D eigenvalue weighted by Crippen LogP contribution is 2.46. The fourth-order valence-electron chi connectivity index (χ4n) is 11.3. The van der Waals surface area contributed by atoms with Crippen LogP contribution in [0.3, 0.4) is 0 Å². The normalized spacial score (nSPS) is 11.9. The summed E-state index contributed by atoms with van der Waals surface area (Å²) in [5.41, 5.74) is 15.3. The first kappa shape index (κ1) is 40.2.